The predicted octanol–water partition coefficient (Wildman–Crippen LogP) is 3.82. The molecule has 1 aliphatic rings. The molecule has 1 aromatic carbocycles. The summed E-state index contributed by atoms with van der Waals surface area (Å²) in [5.74, 6) is -0.262. The largest absolute Gasteiger partial charge is 0.348 e. The summed E-state index contributed by atoms with van der Waals surface area (Å²) in [7, 11) is 0. The lowest BCUT2D eigenvalue weighted by atomic mass is 10.0. The molecule has 2 aromatic heterocycles. The van der Waals surface area contributed by atoms with Crippen LogP contribution in [0.4, 0.5) is 10.1 Å². The van der Waals surface area contributed by atoms with E-state index < -0.39 is 0 Å². The van der Waals surface area contributed by atoms with Gasteiger partial charge in [0.2, 0.25) is 0 Å². The minimum Gasteiger partial charge on any atom is -0.348 e. The number of rotatable bonds is 2. The molecule has 0 amide bonds. The van der Waals surface area contributed by atoms with E-state index in [1.807, 2.05) is 12.1 Å². The highest BCUT2D eigenvalue weighted by atomic mass is 32.1. The Labute approximate surface area is 150 Å². The van der Waals surface area contributed by atoms with Crippen LogP contribution in [0.2, 0.25) is 0 Å². The van der Waals surface area contributed by atoms with Gasteiger partial charge in [0.25, 0.3) is 0 Å². The molecule has 0 bridgehead atoms. The fourth-order valence-corrected chi connectivity index (χ4v) is 3.54. The van der Waals surface area contributed by atoms with Gasteiger partial charge in [0.05, 0.1) is 6.04 Å². The van der Waals surface area contributed by atoms with E-state index in [0.717, 1.165) is 24.3 Å². The van der Waals surface area contributed by atoms with Crippen molar-refractivity contribution >= 4 is 23.0 Å². The number of fused-ring (bicyclic) bond motifs is 1. The molecule has 1 N–H and O–H groups in total. The highest BCUT2D eigenvalue weighted by Crippen LogP contribution is 2.32. The van der Waals surface area contributed by atoms with Gasteiger partial charge in [0.1, 0.15) is 5.82 Å². The summed E-state index contributed by atoms with van der Waals surface area (Å²) < 4.78 is 15.4. The third kappa shape index (κ3) is 3.13. The van der Waals surface area contributed by atoms with Gasteiger partial charge in [-0.15, -0.1) is 0 Å². The second-order valence-electron chi connectivity index (χ2n) is 5.94. The molecule has 3 heterocycles. The molecule has 3 aromatic rings. The van der Waals surface area contributed by atoms with Crippen LogP contribution in [0.5, 0.6) is 0 Å². The summed E-state index contributed by atoms with van der Waals surface area (Å²) in [5, 5.41) is 3.85. The number of hydrogen-bond donors (Lipinski definition) is 1. The lowest BCUT2D eigenvalue weighted by molar-refractivity contribution is 0.293. The fraction of sp³-hybridized carbons (Fsp3) is 0.158. The zero-order valence-corrected chi connectivity index (χ0v) is 14.3. The average molecular weight is 352 g/mol. The predicted molar refractivity (Wildman–Crippen MR) is 99.8 cm³/mol. The molecule has 0 saturated heterocycles. The Morgan fingerprint density at radius 2 is 1.84 bits per heavy atom. The molecule has 0 saturated carbocycles. The number of aromatic nitrogens is 2. The number of nitrogens with one attached hydrogen (secondary N) is 1. The first-order valence-electron chi connectivity index (χ1n) is 8.10. The van der Waals surface area contributed by atoms with Crippen molar-refractivity contribution in [2.75, 3.05) is 11.9 Å². The van der Waals surface area contributed by atoms with Gasteiger partial charge >= 0.3 is 0 Å². The number of nitrogens with zero attached hydrogens (tertiary/aromatic N) is 3. The molecular formula is C19H17FN4S. The van der Waals surface area contributed by atoms with E-state index in [0.29, 0.717) is 5.11 Å². The van der Waals surface area contributed by atoms with Crippen molar-refractivity contribution in [3.05, 3.63) is 84.2 Å². The number of halogens is 1. The molecule has 4 nitrogen and oxygen atoms in total. The van der Waals surface area contributed by atoms with Gasteiger partial charge in [-0.2, -0.15) is 0 Å². The highest BCUT2D eigenvalue weighted by molar-refractivity contribution is 7.80. The van der Waals surface area contributed by atoms with E-state index >= 15 is 0 Å². The first-order chi connectivity index (χ1) is 12.2. The zero-order chi connectivity index (χ0) is 17.2. The van der Waals surface area contributed by atoms with E-state index in [-0.39, 0.29) is 11.9 Å². The van der Waals surface area contributed by atoms with E-state index in [9.17, 15) is 4.39 Å². The van der Waals surface area contributed by atoms with Gasteiger partial charge < -0.3 is 14.8 Å². The maximum absolute atomic E-state index is 13.1. The topological polar surface area (TPSA) is 33.1 Å². The molecule has 0 spiro atoms. The van der Waals surface area contributed by atoms with Crippen molar-refractivity contribution in [2.45, 2.75) is 12.6 Å². The number of benzene rings is 1. The van der Waals surface area contributed by atoms with Crippen LogP contribution in [0.15, 0.2) is 67.1 Å². The molecule has 1 atom stereocenters. The standard InChI is InChI=1S/C19H17FN4S/c20-15-3-5-16(6-4-15)22-19(25)24-13-12-23-11-1-2-17(23)18(24)14-7-9-21-10-8-14/h1-11,18H,12-13H2,(H,22,25)/t18-/m1/s1. The fourth-order valence-electron chi connectivity index (χ4n) is 3.23. The summed E-state index contributed by atoms with van der Waals surface area (Å²) in [6, 6.07) is 14.5. The second kappa shape index (κ2) is 6.64. The average Bonchev–Trinajstić information content (AvgIpc) is 3.12. The minimum absolute atomic E-state index is 0.0206. The van der Waals surface area contributed by atoms with Crippen molar-refractivity contribution in [1.29, 1.82) is 0 Å². The maximum atomic E-state index is 13.1. The molecule has 4 rings (SSSR count). The Hall–Kier alpha value is -2.73. The van der Waals surface area contributed by atoms with Crippen LogP contribution >= 0.6 is 12.2 Å². The Balaban J connectivity index is 1.65. The zero-order valence-electron chi connectivity index (χ0n) is 13.5. The van der Waals surface area contributed by atoms with Gasteiger partial charge in [-0.3, -0.25) is 4.98 Å². The Morgan fingerprint density at radius 3 is 2.60 bits per heavy atom. The van der Waals surface area contributed by atoms with Gasteiger partial charge in [-0.05, 0) is 66.3 Å². The van der Waals surface area contributed by atoms with E-state index in [2.05, 4.69) is 38.1 Å². The monoisotopic (exact) mass is 352 g/mol. The van der Waals surface area contributed by atoms with Gasteiger partial charge in [0.15, 0.2) is 5.11 Å². The SMILES string of the molecule is Fc1ccc(NC(=S)N2CCn3cccc3[C@H]2c2ccncc2)cc1. The van der Waals surface area contributed by atoms with Crippen molar-refractivity contribution in [3.8, 4) is 0 Å². The summed E-state index contributed by atoms with van der Waals surface area (Å²) in [6.45, 7) is 1.66. The van der Waals surface area contributed by atoms with Gasteiger partial charge in [0, 0.05) is 43.1 Å². The molecule has 25 heavy (non-hydrogen) atoms. The summed E-state index contributed by atoms with van der Waals surface area (Å²) >= 11 is 5.67. The van der Waals surface area contributed by atoms with Crippen molar-refractivity contribution in [2.24, 2.45) is 0 Å². The van der Waals surface area contributed by atoms with E-state index in [4.69, 9.17) is 12.2 Å². The lowest BCUT2D eigenvalue weighted by Gasteiger charge is -2.39. The van der Waals surface area contributed by atoms with Crippen LogP contribution in [0.1, 0.15) is 17.3 Å². The number of hydrogen-bond acceptors (Lipinski definition) is 2. The summed E-state index contributed by atoms with van der Waals surface area (Å²) in [4.78, 5) is 6.29. The Bertz CT molecular complexity index is 876. The van der Waals surface area contributed by atoms with Crippen molar-refractivity contribution in [1.82, 2.24) is 14.5 Å². The van der Waals surface area contributed by atoms with Gasteiger partial charge in [-0.25, -0.2) is 4.39 Å². The first-order valence-corrected chi connectivity index (χ1v) is 8.51. The minimum atomic E-state index is -0.262. The molecule has 0 fully saturated rings. The molecule has 0 radical (unpaired) electrons. The van der Waals surface area contributed by atoms with Crippen molar-refractivity contribution < 1.29 is 4.39 Å². The van der Waals surface area contributed by atoms with E-state index in [1.54, 1.807) is 24.5 Å². The molecule has 1 aliphatic heterocycles. The van der Waals surface area contributed by atoms with Gasteiger partial charge in [-0.1, -0.05) is 0 Å². The van der Waals surface area contributed by atoms with E-state index in [1.165, 1.54) is 17.8 Å². The number of thiocarbonyl (C=S) groups is 1. The third-order valence-electron chi connectivity index (χ3n) is 4.42. The molecule has 0 aliphatic carbocycles. The van der Waals surface area contributed by atoms with Crippen LogP contribution in [-0.4, -0.2) is 26.1 Å². The molecular weight excluding hydrogens is 335 g/mol. The first kappa shape index (κ1) is 15.8. The number of pyridine rings is 1. The molecule has 126 valence electrons. The normalized spacial score (nSPS) is 16.4. The quantitative estimate of drug-likeness (QED) is 0.711. The van der Waals surface area contributed by atoms with Crippen LogP contribution in [0.3, 0.4) is 0 Å². The summed E-state index contributed by atoms with van der Waals surface area (Å²) in [6.07, 6.45) is 5.69. The van der Waals surface area contributed by atoms with Crippen LogP contribution in [-0.2, 0) is 6.54 Å². The third-order valence-corrected chi connectivity index (χ3v) is 4.75. The Morgan fingerprint density at radius 1 is 1.08 bits per heavy atom. The lowest BCUT2D eigenvalue weighted by Crippen LogP contribution is -2.44. The Kier molecular flexibility index (Phi) is 4.19. The maximum Gasteiger partial charge on any atom is 0.174 e. The molecule has 6 heteroatoms. The van der Waals surface area contributed by atoms with Crippen LogP contribution < -0.4 is 5.32 Å². The molecule has 0 unspecified atom stereocenters. The van der Waals surface area contributed by atoms with Crippen LogP contribution in [0.25, 0.3) is 0 Å². The second-order valence-corrected chi connectivity index (χ2v) is 6.33. The summed E-state index contributed by atoms with van der Waals surface area (Å²) in [5.41, 5.74) is 3.11. The highest BCUT2D eigenvalue weighted by Gasteiger charge is 2.30. The smallest absolute Gasteiger partial charge is 0.174 e. The van der Waals surface area contributed by atoms with Crippen LogP contribution in [0, 0.1) is 5.82 Å². The van der Waals surface area contributed by atoms with Crippen molar-refractivity contribution in [3.63, 3.8) is 0 Å². The number of anilines is 1.